The fourth-order valence-corrected chi connectivity index (χ4v) is 5.52. The molecule has 0 aliphatic heterocycles. The highest BCUT2D eigenvalue weighted by atomic mass is 32.2. The van der Waals surface area contributed by atoms with Gasteiger partial charge in [0.1, 0.15) is 12.2 Å². The molecule has 0 bridgehead atoms. The molecule has 4 aromatic rings. The molecule has 0 radical (unpaired) electrons. The molecular formula is C28H30N4O4S. The van der Waals surface area contributed by atoms with Gasteiger partial charge in [0.25, 0.3) is 15.6 Å². The van der Waals surface area contributed by atoms with Gasteiger partial charge in [-0.1, -0.05) is 62.4 Å². The normalized spacial score (nSPS) is 11.5. The number of benzene rings is 3. The van der Waals surface area contributed by atoms with Crippen LogP contribution in [0.1, 0.15) is 31.0 Å². The minimum Gasteiger partial charge on any atom is -0.318 e. The van der Waals surface area contributed by atoms with Crippen molar-refractivity contribution >= 4 is 27.3 Å². The number of anilines is 2. The first kappa shape index (κ1) is 26.0. The van der Waals surface area contributed by atoms with E-state index in [0.717, 1.165) is 9.87 Å². The first-order valence-electron chi connectivity index (χ1n) is 11.9. The third-order valence-corrected chi connectivity index (χ3v) is 8.07. The molecule has 0 spiro atoms. The Morgan fingerprint density at radius 3 is 2.05 bits per heavy atom. The molecule has 0 saturated heterocycles. The summed E-state index contributed by atoms with van der Waals surface area (Å²) in [4.78, 5) is 26.5. The minimum absolute atomic E-state index is 0.0676. The fourth-order valence-electron chi connectivity index (χ4n) is 4.08. The van der Waals surface area contributed by atoms with Gasteiger partial charge in [-0.3, -0.25) is 18.6 Å². The molecule has 8 nitrogen and oxygen atoms in total. The number of hydrogen-bond acceptors (Lipinski definition) is 4. The SMILES string of the molecule is Cc1c(NC(=O)CN(c2ccc(C(C)C)cc2)S(=O)(=O)c2ccccc2)c(=O)n(-c2ccccc2)n1C. The van der Waals surface area contributed by atoms with Gasteiger partial charge in [0, 0.05) is 7.05 Å². The standard InChI is InChI=1S/C28H30N4O4S/c1-20(2)22-15-17-23(18-16-22)31(37(35,36)25-13-9-6-10-14-25)19-26(33)29-27-21(3)30(4)32(28(27)34)24-11-7-5-8-12-24/h5-18,20H,19H2,1-4H3,(H,29,33). The molecular weight excluding hydrogens is 488 g/mol. The van der Waals surface area contributed by atoms with Gasteiger partial charge in [0.05, 0.1) is 22.0 Å². The predicted molar refractivity (Wildman–Crippen MR) is 146 cm³/mol. The van der Waals surface area contributed by atoms with Crippen LogP contribution in [0.5, 0.6) is 0 Å². The summed E-state index contributed by atoms with van der Waals surface area (Å²) >= 11 is 0. The lowest BCUT2D eigenvalue weighted by atomic mass is 10.0. The number of carbonyl (C=O) groups is 1. The molecule has 3 aromatic carbocycles. The fraction of sp³-hybridized carbons (Fsp3) is 0.214. The van der Waals surface area contributed by atoms with Crippen molar-refractivity contribution in [2.45, 2.75) is 31.6 Å². The Morgan fingerprint density at radius 2 is 1.49 bits per heavy atom. The van der Waals surface area contributed by atoms with E-state index in [2.05, 4.69) is 5.32 Å². The second kappa shape index (κ2) is 10.5. The Hall–Kier alpha value is -4.11. The summed E-state index contributed by atoms with van der Waals surface area (Å²) in [7, 11) is -2.33. The summed E-state index contributed by atoms with van der Waals surface area (Å²) in [5.74, 6) is -0.358. The number of hydrogen-bond donors (Lipinski definition) is 1. The number of para-hydroxylation sites is 1. The van der Waals surface area contributed by atoms with Crippen molar-refractivity contribution in [1.29, 1.82) is 0 Å². The van der Waals surface area contributed by atoms with Crippen molar-refractivity contribution in [1.82, 2.24) is 9.36 Å². The highest BCUT2D eigenvalue weighted by molar-refractivity contribution is 7.92. The molecule has 0 unspecified atom stereocenters. The third kappa shape index (κ3) is 5.22. The van der Waals surface area contributed by atoms with Crippen LogP contribution in [0.4, 0.5) is 11.4 Å². The smallest absolute Gasteiger partial charge is 0.295 e. The maximum absolute atomic E-state index is 13.6. The van der Waals surface area contributed by atoms with Gasteiger partial charge in [-0.2, -0.15) is 0 Å². The van der Waals surface area contributed by atoms with E-state index in [9.17, 15) is 18.0 Å². The Labute approximate surface area is 216 Å². The van der Waals surface area contributed by atoms with Gasteiger partial charge < -0.3 is 5.32 Å². The minimum atomic E-state index is -4.06. The lowest BCUT2D eigenvalue weighted by Gasteiger charge is -2.24. The average Bonchev–Trinajstić information content (AvgIpc) is 3.11. The second-order valence-electron chi connectivity index (χ2n) is 9.06. The number of nitrogens with zero attached hydrogens (tertiary/aromatic N) is 3. The van der Waals surface area contributed by atoms with Crippen molar-refractivity contribution < 1.29 is 13.2 Å². The van der Waals surface area contributed by atoms with Crippen molar-refractivity contribution in [2.75, 3.05) is 16.2 Å². The molecule has 192 valence electrons. The zero-order valence-corrected chi connectivity index (χ0v) is 22.1. The van der Waals surface area contributed by atoms with Gasteiger partial charge >= 0.3 is 0 Å². The van der Waals surface area contributed by atoms with E-state index in [1.165, 1.54) is 16.8 Å². The van der Waals surface area contributed by atoms with Gasteiger partial charge in [0.15, 0.2) is 0 Å². The molecule has 0 fully saturated rings. The Kier molecular flexibility index (Phi) is 7.35. The summed E-state index contributed by atoms with van der Waals surface area (Å²) in [5.41, 5.74) is 2.29. The number of amides is 1. The highest BCUT2D eigenvalue weighted by Gasteiger charge is 2.28. The van der Waals surface area contributed by atoms with Crippen LogP contribution < -0.4 is 15.2 Å². The van der Waals surface area contributed by atoms with E-state index >= 15 is 0 Å². The summed E-state index contributed by atoms with van der Waals surface area (Å²) < 4.78 is 31.4. The van der Waals surface area contributed by atoms with E-state index in [4.69, 9.17) is 0 Å². The topological polar surface area (TPSA) is 93.4 Å². The Morgan fingerprint density at radius 1 is 0.919 bits per heavy atom. The molecule has 4 rings (SSSR count). The Balaban J connectivity index is 1.69. The van der Waals surface area contributed by atoms with Crippen LogP contribution in [-0.2, 0) is 21.9 Å². The monoisotopic (exact) mass is 518 g/mol. The van der Waals surface area contributed by atoms with Crippen molar-refractivity contribution in [2.24, 2.45) is 7.05 Å². The summed E-state index contributed by atoms with van der Waals surface area (Å²) in [6, 6.07) is 24.1. The summed E-state index contributed by atoms with van der Waals surface area (Å²) in [6.45, 7) is 5.31. The third-order valence-electron chi connectivity index (χ3n) is 6.28. The molecule has 0 saturated carbocycles. The van der Waals surface area contributed by atoms with Gasteiger partial charge in [-0.25, -0.2) is 13.1 Å². The zero-order chi connectivity index (χ0) is 26.7. The number of aromatic nitrogens is 2. The van der Waals surface area contributed by atoms with Crippen LogP contribution in [0.3, 0.4) is 0 Å². The molecule has 1 aromatic heterocycles. The van der Waals surface area contributed by atoms with Crippen LogP contribution in [0.25, 0.3) is 5.69 Å². The first-order chi connectivity index (χ1) is 17.6. The maximum Gasteiger partial charge on any atom is 0.295 e. The largest absolute Gasteiger partial charge is 0.318 e. The lowest BCUT2D eigenvalue weighted by molar-refractivity contribution is -0.114. The first-order valence-corrected chi connectivity index (χ1v) is 13.4. The van der Waals surface area contributed by atoms with E-state index in [1.54, 1.807) is 61.1 Å². The molecule has 1 N–H and O–H groups in total. The quantitative estimate of drug-likeness (QED) is 0.373. The van der Waals surface area contributed by atoms with Crippen LogP contribution in [0.2, 0.25) is 0 Å². The van der Waals surface area contributed by atoms with Crippen molar-refractivity contribution in [3.05, 3.63) is 107 Å². The average molecular weight is 519 g/mol. The van der Waals surface area contributed by atoms with E-state index < -0.39 is 28.0 Å². The van der Waals surface area contributed by atoms with Crippen LogP contribution in [-0.4, -0.2) is 30.2 Å². The number of carbonyl (C=O) groups excluding carboxylic acids is 1. The number of sulfonamides is 1. The highest BCUT2D eigenvalue weighted by Crippen LogP contribution is 2.26. The number of rotatable bonds is 8. The van der Waals surface area contributed by atoms with E-state index in [0.29, 0.717) is 17.1 Å². The van der Waals surface area contributed by atoms with Crippen molar-refractivity contribution in [3.8, 4) is 5.69 Å². The molecule has 0 atom stereocenters. The molecule has 37 heavy (non-hydrogen) atoms. The lowest BCUT2D eigenvalue weighted by Crippen LogP contribution is -2.38. The summed E-state index contributed by atoms with van der Waals surface area (Å²) in [6.07, 6.45) is 0. The van der Waals surface area contributed by atoms with Gasteiger partial charge in [-0.05, 0) is 54.8 Å². The zero-order valence-electron chi connectivity index (χ0n) is 21.3. The van der Waals surface area contributed by atoms with E-state index in [-0.39, 0.29) is 16.5 Å². The van der Waals surface area contributed by atoms with Gasteiger partial charge in [-0.15, -0.1) is 0 Å². The molecule has 1 heterocycles. The molecule has 9 heteroatoms. The van der Waals surface area contributed by atoms with Gasteiger partial charge in [0.2, 0.25) is 5.91 Å². The van der Waals surface area contributed by atoms with Crippen LogP contribution in [0.15, 0.2) is 94.6 Å². The van der Waals surface area contributed by atoms with E-state index in [1.807, 2.05) is 44.2 Å². The molecule has 0 aliphatic rings. The second-order valence-corrected chi connectivity index (χ2v) is 10.9. The predicted octanol–water partition coefficient (Wildman–Crippen LogP) is 4.44. The van der Waals surface area contributed by atoms with Crippen LogP contribution in [0, 0.1) is 6.92 Å². The molecule has 0 aliphatic carbocycles. The molecule has 1 amide bonds. The summed E-state index contributed by atoms with van der Waals surface area (Å²) in [5, 5.41) is 2.66. The number of nitrogens with one attached hydrogen (secondary N) is 1. The Bertz CT molecular complexity index is 1560. The maximum atomic E-state index is 13.6. The van der Waals surface area contributed by atoms with Crippen LogP contribution >= 0.6 is 0 Å². The van der Waals surface area contributed by atoms with Crippen molar-refractivity contribution in [3.63, 3.8) is 0 Å².